The molecule has 0 aliphatic rings. The van der Waals surface area contributed by atoms with E-state index in [0.717, 1.165) is 16.8 Å². The second-order valence-corrected chi connectivity index (χ2v) is 4.75. The van der Waals surface area contributed by atoms with Crippen molar-refractivity contribution in [3.8, 4) is 11.1 Å². The average molecular weight is 266 g/mol. The minimum Gasteiger partial charge on any atom is -0.388 e. The lowest BCUT2D eigenvalue weighted by atomic mass is 10.00. The smallest absolute Gasteiger partial charge is 0.0485 e. The Bertz CT molecular complexity index is 550. The highest BCUT2D eigenvalue weighted by molar-refractivity contribution is 6.35. The fourth-order valence-electron chi connectivity index (χ4n) is 1.77. The van der Waals surface area contributed by atoms with Crippen molar-refractivity contribution in [1.29, 1.82) is 0 Å². The third kappa shape index (κ3) is 2.56. The summed E-state index contributed by atoms with van der Waals surface area (Å²) < 4.78 is 0. The van der Waals surface area contributed by atoms with Crippen LogP contribution in [0.5, 0.6) is 0 Å². The summed E-state index contributed by atoms with van der Waals surface area (Å²) in [6.07, 6.45) is 0. The van der Waals surface area contributed by atoms with Crippen molar-refractivity contribution in [1.82, 2.24) is 0 Å². The van der Waals surface area contributed by atoms with Crippen LogP contribution in [-0.4, -0.2) is 7.05 Å². The third-order valence-corrected chi connectivity index (χ3v) is 3.31. The van der Waals surface area contributed by atoms with Gasteiger partial charge in [-0.2, -0.15) is 0 Å². The number of rotatable bonds is 2. The van der Waals surface area contributed by atoms with Gasteiger partial charge in [0, 0.05) is 28.3 Å². The van der Waals surface area contributed by atoms with Gasteiger partial charge in [-0.25, -0.2) is 0 Å². The van der Waals surface area contributed by atoms with Gasteiger partial charge < -0.3 is 5.32 Å². The van der Waals surface area contributed by atoms with E-state index >= 15 is 0 Å². The number of anilines is 1. The van der Waals surface area contributed by atoms with Crippen molar-refractivity contribution in [2.75, 3.05) is 12.4 Å². The predicted octanol–water partition coefficient (Wildman–Crippen LogP) is 5.01. The first-order valence-electron chi connectivity index (χ1n) is 5.35. The molecular weight excluding hydrogens is 253 g/mol. The second-order valence-electron chi connectivity index (χ2n) is 3.90. The normalized spacial score (nSPS) is 10.4. The summed E-state index contributed by atoms with van der Waals surface area (Å²) in [6.45, 7) is 2.06. The Balaban J connectivity index is 2.62. The van der Waals surface area contributed by atoms with Crippen molar-refractivity contribution in [2.24, 2.45) is 0 Å². The van der Waals surface area contributed by atoms with Gasteiger partial charge in [0.15, 0.2) is 0 Å². The van der Waals surface area contributed by atoms with E-state index in [1.54, 1.807) is 6.07 Å². The molecule has 0 heterocycles. The van der Waals surface area contributed by atoms with Gasteiger partial charge in [-0.3, -0.25) is 0 Å². The molecule has 88 valence electrons. The maximum atomic E-state index is 6.22. The second kappa shape index (κ2) is 4.99. The molecule has 0 atom stereocenters. The molecule has 0 aromatic heterocycles. The summed E-state index contributed by atoms with van der Waals surface area (Å²) in [5.41, 5.74) is 4.30. The fraction of sp³-hybridized carbons (Fsp3) is 0.143. The molecule has 0 fully saturated rings. The van der Waals surface area contributed by atoms with E-state index in [2.05, 4.69) is 24.4 Å². The van der Waals surface area contributed by atoms with Crippen molar-refractivity contribution >= 4 is 28.9 Å². The molecule has 17 heavy (non-hydrogen) atoms. The Kier molecular flexibility index (Phi) is 3.60. The van der Waals surface area contributed by atoms with Gasteiger partial charge in [0.1, 0.15) is 0 Å². The topological polar surface area (TPSA) is 12.0 Å². The molecule has 3 heteroatoms. The molecule has 0 radical (unpaired) electrons. The predicted molar refractivity (Wildman–Crippen MR) is 76.2 cm³/mol. The summed E-state index contributed by atoms with van der Waals surface area (Å²) in [7, 11) is 1.90. The summed E-state index contributed by atoms with van der Waals surface area (Å²) >= 11 is 12.2. The van der Waals surface area contributed by atoms with Crippen molar-refractivity contribution < 1.29 is 0 Å². The van der Waals surface area contributed by atoms with E-state index in [0.29, 0.717) is 10.0 Å². The quantitative estimate of drug-likeness (QED) is 0.805. The number of aryl methyl sites for hydroxylation is 1. The Morgan fingerprint density at radius 3 is 2.41 bits per heavy atom. The van der Waals surface area contributed by atoms with Gasteiger partial charge in [0.05, 0.1) is 0 Å². The molecule has 0 saturated heterocycles. The van der Waals surface area contributed by atoms with Crippen LogP contribution in [0.1, 0.15) is 5.56 Å². The summed E-state index contributed by atoms with van der Waals surface area (Å²) in [5, 5.41) is 4.53. The zero-order valence-corrected chi connectivity index (χ0v) is 11.2. The van der Waals surface area contributed by atoms with Crippen molar-refractivity contribution in [2.45, 2.75) is 6.92 Å². The lowest BCUT2D eigenvalue weighted by molar-refractivity contribution is 1.43. The summed E-state index contributed by atoms with van der Waals surface area (Å²) in [6, 6.07) is 11.7. The van der Waals surface area contributed by atoms with Crippen molar-refractivity contribution in [3.63, 3.8) is 0 Å². The molecule has 1 nitrogen and oxygen atoms in total. The van der Waals surface area contributed by atoms with Gasteiger partial charge in [-0.15, -0.1) is 0 Å². The van der Waals surface area contributed by atoms with Crippen LogP contribution in [0.2, 0.25) is 10.0 Å². The molecule has 0 aliphatic carbocycles. The zero-order valence-electron chi connectivity index (χ0n) is 9.72. The first-order chi connectivity index (χ1) is 8.11. The SMILES string of the molecule is CNc1ccc(C)c(-c2cc(Cl)ccc2Cl)c1. The minimum absolute atomic E-state index is 0.693. The highest BCUT2D eigenvalue weighted by Crippen LogP contribution is 2.34. The number of hydrogen-bond donors (Lipinski definition) is 1. The van der Waals surface area contributed by atoms with Gasteiger partial charge in [-0.1, -0.05) is 29.3 Å². The zero-order chi connectivity index (χ0) is 12.4. The summed E-state index contributed by atoms with van der Waals surface area (Å²) in [5.74, 6) is 0. The minimum atomic E-state index is 0.693. The molecule has 0 spiro atoms. The van der Waals surface area contributed by atoms with E-state index < -0.39 is 0 Å². The first kappa shape index (κ1) is 12.3. The molecule has 0 unspecified atom stereocenters. The maximum absolute atomic E-state index is 6.22. The molecular formula is C14H13Cl2N. The van der Waals surface area contributed by atoms with Gasteiger partial charge in [-0.05, 0) is 48.4 Å². The number of benzene rings is 2. The molecule has 2 aromatic carbocycles. The van der Waals surface area contributed by atoms with E-state index in [9.17, 15) is 0 Å². The van der Waals surface area contributed by atoms with E-state index in [4.69, 9.17) is 23.2 Å². The van der Waals surface area contributed by atoms with Crippen LogP contribution < -0.4 is 5.32 Å². The largest absolute Gasteiger partial charge is 0.388 e. The molecule has 2 rings (SSSR count). The Labute approximate surface area is 111 Å². The van der Waals surface area contributed by atoms with Crippen LogP contribution in [0.25, 0.3) is 11.1 Å². The summed E-state index contributed by atoms with van der Waals surface area (Å²) in [4.78, 5) is 0. The lowest BCUT2D eigenvalue weighted by Crippen LogP contribution is -1.91. The van der Waals surface area contributed by atoms with Crippen LogP contribution in [0, 0.1) is 6.92 Å². The molecule has 2 aromatic rings. The van der Waals surface area contributed by atoms with E-state index in [1.165, 1.54) is 5.56 Å². The number of hydrogen-bond acceptors (Lipinski definition) is 1. The van der Waals surface area contributed by atoms with Crippen LogP contribution >= 0.6 is 23.2 Å². The van der Waals surface area contributed by atoms with Crippen LogP contribution in [0.15, 0.2) is 36.4 Å². The molecule has 1 N–H and O–H groups in total. The fourth-order valence-corrected chi connectivity index (χ4v) is 2.16. The molecule has 0 saturated carbocycles. The van der Waals surface area contributed by atoms with Crippen LogP contribution in [-0.2, 0) is 0 Å². The monoisotopic (exact) mass is 265 g/mol. The number of nitrogens with one attached hydrogen (secondary N) is 1. The first-order valence-corrected chi connectivity index (χ1v) is 6.11. The van der Waals surface area contributed by atoms with E-state index in [-0.39, 0.29) is 0 Å². The Morgan fingerprint density at radius 1 is 0.941 bits per heavy atom. The van der Waals surface area contributed by atoms with Gasteiger partial charge in [0.25, 0.3) is 0 Å². The third-order valence-electron chi connectivity index (χ3n) is 2.74. The Morgan fingerprint density at radius 2 is 1.71 bits per heavy atom. The van der Waals surface area contributed by atoms with E-state index in [1.807, 2.05) is 25.2 Å². The lowest BCUT2D eigenvalue weighted by Gasteiger charge is -2.11. The molecule has 0 bridgehead atoms. The highest BCUT2D eigenvalue weighted by Gasteiger charge is 2.08. The molecule has 0 aliphatic heterocycles. The highest BCUT2D eigenvalue weighted by atomic mass is 35.5. The van der Waals surface area contributed by atoms with Crippen LogP contribution in [0.3, 0.4) is 0 Å². The molecule has 0 amide bonds. The van der Waals surface area contributed by atoms with Gasteiger partial charge in [0.2, 0.25) is 0 Å². The average Bonchev–Trinajstić information content (AvgIpc) is 2.33. The van der Waals surface area contributed by atoms with Gasteiger partial charge >= 0.3 is 0 Å². The van der Waals surface area contributed by atoms with Crippen molar-refractivity contribution in [3.05, 3.63) is 52.0 Å². The maximum Gasteiger partial charge on any atom is 0.0485 e. The standard InChI is InChI=1S/C14H13Cl2N/c1-9-3-5-11(17-2)8-12(9)13-7-10(15)4-6-14(13)16/h3-8,17H,1-2H3. The number of halogens is 2. The Hall–Kier alpha value is -1.18. The van der Waals surface area contributed by atoms with Crippen LogP contribution in [0.4, 0.5) is 5.69 Å².